The molecule has 1 unspecified atom stereocenters. The van der Waals surface area contributed by atoms with E-state index in [1.54, 1.807) is 6.92 Å². The molecular formula is C14H19FN2O2. The molecule has 0 saturated heterocycles. The van der Waals surface area contributed by atoms with Crippen molar-refractivity contribution in [3.8, 4) is 0 Å². The minimum Gasteiger partial charge on any atom is -0.396 e. The molecule has 0 radical (unpaired) electrons. The quantitative estimate of drug-likeness (QED) is 0.823. The summed E-state index contributed by atoms with van der Waals surface area (Å²) in [5.74, 6) is -0.730. The van der Waals surface area contributed by atoms with E-state index in [2.05, 4.69) is 5.32 Å². The molecule has 0 bridgehead atoms. The first-order chi connectivity index (χ1) is 9.06. The van der Waals surface area contributed by atoms with E-state index < -0.39 is 11.9 Å². The van der Waals surface area contributed by atoms with Gasteiger partial charge in [0, 0.05) is 5.69 Å². The van der Waals surface area contributed by atoms with Crippen molar-refractivity contribution < 1.29 is 13.9 Å². The summed E-state index contributed by atoms with van der Waals surface area (Å²) in [5, 5.41) is 2.67. The van der Waals surface area contributed by atoms with Gasteiger partial charge in [-0.25, -0.2) is 4.39 Å². The molecule has 1 amide bonds. The molecule has 5 heteroatoms. The summed E-state index contributed by atoms with van der Waals surface area (Å²) in [7, 11) is 0. The van der Waals surface area contributed by atoms with Crippen molar-refractivity contribution in [2.75, 3.05) is 11.1 Å². The second kappa shape index (κ2) is 6.02. The highest BCUT2D eigenvalue weighted by Crippen LogP contribution is 2.23. The van der Waals surface area contributed by atoms with Gasteiger partial charge in [-0.1, -0.05) is 12.8 Å². The van der Waals surface area contributed by atoms with Crippen molar-refractivity contribution in [2.45, 2.75) is 44.8 Å². The Bertz CT molecular complexity index is 459. The van der Waals surface area contributed by atoms with Gasteiger partial charge in [-0.15, -0.1) is 0 Å². The Morgan fingerprint density at radius 3 is 2.79 bits per heavy atom. The number of nitrogens with one attached hydrogen (secondary N) is 1. The van der Waals surface area contributed by atoms with Crippen LogP contribution in [-0.2, 0) is 9.53 Å². The summed E-state index contributed by atoms with van der Waals surface area (Å²) in [6.07, 6.45) is 4.01. The molecule has 3 N–H and O–H groups in total. The maximum Gasteiger partial charge on any atom is 0.253 e. The molecule has 1 aromatic rings. The van der Waals surface area contributed by atoms with Crippen LogP contribution in [0.2, 0.25) is 0 Å². The average molecular weight is 266 g/mol. The Hall–Kier alpha value is -1.62. The second-order valence-electron chi connectivity index (χ2n) is 4.91. The summed E-state index contributed by atoms with van der Waals surface area (Å²) in [5.41, 5.74) is 5.94. The fourth-order valence-corrected chi connectivity index (χ4v) is 2.24. The third-order valence-corrected chi connectivity index (χ3v) is 3.33. The number of ether oxygens (including phenoxy) is 1. The number of hydrogen-bond donors (Lipinski definition) is 2. The summed E-state index contributed by atoms with van der Waals surface area (Å²) < 4.78 is 18.7. The minimum atomic E-state index is -0.519. The zero-order valence-electron chi connectivity index (χ0n) is 11.0. The Morgan fingerprint density at radius 1 is 1.47 bits per heavy atom. The molecular weight excluding hydrogens is 247 g/mol. The smallest absolute Gasteiger partial charge is 0.253 e. The fraction of sp³-hybridized carbons (Fsp3) is 0.500. The van der Waals surface area contributed by atoms with Crippen LogP contribution in [0.25, 0.3) is 0 Å². The molecule has 1 atom stereocenters. The number of nitrogens with two attached hydrogens (primary N) is 1. The van der Waals surface area contributed by atoms with E-state index >= 15 is 0 Å². The van der Waals surface area contributed by atoms with Crippen molar-refractivity contribution >= 4 is 17.3 Å². The Labute approximate surface area is 112 Å². The highest BCUT2D eigenvalue weighted by atomic mass is 19.1. The molecule has 0 aromatic heterocycles. The molecule has 0 aliphatic heterocycles. The van der Waals surface area contributed by atoms with E-state index in [4.69, 9.17) is 10.5 Å². The zero-order chi connectivity index (χ0) is 13.8. The number of carbonyl (C=O) groups excluding carboxylic acids is 1. The van der Waals surface area contributed by atoms with Crippen molar-refractivity contribution in [2.24, 2.45) is 0 Å². The number of nitrogen functional groups attached to an aromatic ring is 1. The lowest BCUT2D eigenvalue weighted by atomic mass is 10.2. The van der Waals surface area contributed by atoms with E-state index in [0.29, 0.717) is 5.69 Å². The lowest BCUT2D eigenvalue weighted by Crippen LogP contribution is -2.30. The molecule has 104 valence electrons. The van der Waals surface area contributed by atoms with Crippen molar-refractivity contribution in [3.05, 3.63) is 24.0 Å². The average Bonchev–Trinajstić information content (AvgIpc) is 2.86. The SMILES string of the molecule is CC(OC1CCCC1)C(=O)Nc1ccc(F)c(N)c1. The van der Waals surface area contributed by atoms with Crippen LogP contribution < -0.4 is 11.1 Å². The van der Waals surface area contributed by atoms with E-state index in [-0.39, 0.29) is 17.7 Å². The molecule has 1 fully saturated rings. The Kier molecular flexibility index (Phi) is 4.37. The maximum atomic E-state index is 13.0. The highest BCUT2D eigenvalue weighted by molar-refractivity contribution is 5.94. The van der Waals surface area contributed by atoms with Gasteiger partial charge in [0.2, 0.25) is 0 Å². The molecule has 2 rings (SSSR count). The number of carbonyl (C=O) groups is 1. The predicted octanol–water partition coefficient (Wildman–Crippen LogP) is 2.69. The first-order valence-corrected chi connectivity index (χ1v) is 6.57. The molecule has 1 aromatic carbocycles. The Morgan fingerprint density at radius 2 is 2.16 bits per heavy atom. The second-order valence-corrected chi connectivity index (χ2v) is 4.91. The van der Waals surface area contributed by atoms with Crippen LogP contribution in [0, 0.1) is 5.82 Å². The van der Waals surface area contributed by atoms with Gasteiger partial charge >= 0.3 is 0 Å². The van der Waals surface area contributed by atoms with Gasteiger partial charge in [-0.3, -0.25) is 4.79 Å². The molecule has 1 aliphatic carbocycles. The summed E-state index contributed by atoms with van der Waals surface area (Å²) in [6, 6.07) is 4.11. The molecule has 1 aliphatic rings. The maximum absolute atomic E-state index is 13.0. The lowest BCUT2D eigenvalue weighted by Gasteiger charge is -2.18. The predicted molar refractivity (Wildman–Crippen MR) is 72.2 cm³/mol. The molecule has 0 spiro atoms. The first kappa shape index (κ1) is 13.8. The van der Waals surface area contributed by atoms with E-state index in [9.17, 15) is 9.18 Å². The largest absolute Gasteiger partial charge is 0.396 e. The van der Waals surface area contributed by atoms with E-state index in [0.717, 1.165) is 25.7 Å². The van der Waals surface area contributed by atoms with E-state index in [1.807, 2.05) is 0 Å². The third-order valence-electron chi connectivity index (χ3n) is 3.33. The normalized spacial score (nSPS) is 17.4. The number of amides is 1. The minimum absolute atomic E-state index is 0.0159. The van der Waals surface area contributed by atoms with Crippen LogP contribution in [0.5, 0.6) is 0 Å². The third kappa shape index (κ3) is 3.67. The van der Waals surface area contributed by atoms with Crippen LogP contribution in [0.4, 0.5) is 15.8 Å². The van der Waals surface area contributed by atoms with Gasteiger partial charge in [0.05, 0.1) is 11.8 Å². The number of hydrogen-bond acceptors (Lipinski definition) is 3. The summed E-state index contributed by atoms with van der Waals surface area (Å²) in [6.45, 7) is 1.72. The van der Waals surface area contributed by atoms with Gasteiger partial charge in [-0.05, 0) is 38.0 Å². The molecule has 19 heavy (non-hydrogen) atoms. The number of rotatable bonds is 4. The first-order valence-electron chi connectivity index (χ1n) is 6.57. The molecule has 0 heterocycles. The van der Waals surface area contributed by atoms with E-state index in [1.165, 1.54) is 18.2 Å². The lowest BCUT2D eigenvalue weighted by molar-refractivity contribution is -0.129. The summed E-state index contributed by atoms with van der Waals surface area (Å²) in [4.78, 5) is 11.9. The monoisotopic (exact) mass is 266 g/mol. The highest BCUT2D eigenvalue weighted by Gasteiger charge is 2.22. The van der Waals surface area contributed by atoms with Gasteiger partial charge < -0.3 is 15.8 Å². The molecule has 4 nitrogen and oxygen atoms in total. The number of halogens is 1. The summed E-state index contributed by atoms with van der Waals surface area (Å²) >= 11 is 0. The van der Waals surface area contributed by atoms with Gasteiger partial charge in [0.15, 0.2) is 0 Å². The van der Waals surface area contributed by atoms with Crippen LogP contribution in [0.1, 0.15) is 32.6 Å². The topological polar surface area (TPSA) is 64.3 Å². The number of anilines is 2. The zero-order valence-corrected chi connectivity index (χ0v) is 11.0. The Balaban J connectivity index is 1.90. The van der Waals surface area contributed by atoms with Crippen LogP contribution in [-0.4, -0.2) is 18.1 Å². The fourth-order valence-electron chi connectivity index (χ4n) is 2.24. The van der Waals surface area contributed by atoms with Crippen molar-refractivity contribution in [3.63, 3.8) is 0 Å². The van der Waals surface area contributed by atoms with Crippen LogP contribution in [0.3, 0.4) is 0 Å². The molecule has 1 saturated carbocycles. The van der Waals surface area contributed by atoms with Crippen molar-refractivity contribution in [1.82, 2.24) is 0 Å². The van der Waals surface area contributed by atoms with Gasteiger partial charge in [-0.2, -0.15) is 0 Å². The van der Waals surface area contributed by atoms with Gasteiger partial charge in [0.1, 0.15) is 11.9 Å². The van der Waals surface area contributed by atoms with Gasteiger partial charge in [0.25, 0.3) is 5.91 Å². The standard InChI is InChI=1S/C14H19FN2O2/c1-9(19-11-4-2-3-5-11)14(18)17-10-6-7-12(15)13(16)8-10/h6-9,11H,2-5,16H2,1H3,(H,17,18). The number of benzene rings is 1. The van der Waals surface area contributed by atoms with Crippen LogP contribution in [0.15, 0.2) is 18.2 Å². The van der Waals surface area contributed by atoms with Crippen molar-refractivity contribution in [1.29, 1.82) is 0 Å². The van der Waals surface area contributed by atoms with Crippen LogP contribution >= 0.6 is 0 Å².